The molecule has 0 radical (unpaired) electrons. The molecule has 0 saturated carbocycles. The molecule has 1 aromatic carbocycles. The average Bonchev–Trinajstić information content (AvgIpc) is 2.69. The molecular weight excluding hydrogens is 248 g/mol. The monoisotopic (exact) mass is 274 g/mol. The van der Waals surface area contributed by atoms with Crippen molar-refractivity contribution in [2.24, 2.45) is 5.92 Å². The van der Waals surface area contributed by atoms with Gasteiger partial charge in [-0.3, -0.25) is 0 Å². The van der Waals surface area contributed by atoms with Gasteiger partial charge in [0.05, 0.1) is 6.10 Å². The Hall–Kier alpha value is -1.06. The Balaban J connectivity index is 1.82. The van der Waals surface area contributed by atoms with E-state index in [4.69, 9.17) is 4.74 Å². The molecule has 20 heavy (non-hydrogen) atoms. The third-order valence-electron chi connectivity index (χ3n) is 4.62. The van der Waals surface area contributed by atoms with Crippen molar-refractivity contribution < 1.29 is 4.74 Å². The normalized spacial score (nSPS) is 27.2. The molecule has 2 aliphatic rings. The van der Waals surface area contributed by atoms with Crippen molar-refractivity contribution in [1.82, 2.24) is 5.32 Å². The van der Waals surface area contributed by atoms with E-state index in [0.29, 0.717) is 18.1 Å². The molecule has 2 atom stereocenters. The van der Waals surface area contributed by atoms with E-state index in [2.05, 4.69) is 48.3 Å². The topological polar surface area (TPSA) is 24.5 Å². The van der Waals surface area contributed by atoms with Gasteiger partial charge in [-0.15, -0.1) is 0 Å². The van der Waals surface area contributed by atoms with Crippen LogP contribution >= 0.6 is 0 Å². The summed E-state index contributed by atoms with van der Waals surface area (Å²) in [6.07, 6.45) is 2.72. The number of nitrogens with one attached hydrogen (secondary N) is 1. The van der Waals surface area contributed by atoms with Gasteiger partial charge in [-0.1, -0.05) is 32.0 Å². The van der Waals surface area contributed by atoms with Crippen molar-refractivity contribution in [3.05, 3.63) is 29.8 Å². The van der Waals surface area contributed by atoms with Crippen molar-refractivity contribution in [2.45, 2.75) is 45.4 Å². The van der Waals surface area contributed by atoms with E-state index < -0.39 is 0 Å². The zero-order chi connectivity index (χ0) is 13.9. The van der Waals surface area contributed by atoms with Gasteiger partial charge in [-0.05, 0) is 30.4 Å². The maximum absolute atomic E-state index is 5.94. The lowest BCUT2D eigenvalue weighted by Crippen LogP contribution is -2.45. The molecule has 3 rings (SSSR count). The molecule has 110 valence electrons. The highest BCUT2D eigenvalue weighted by molar-refractivity contribution is 5.55. The van der Waals surface area contributed by atoms with Crippen molar-refractivity contribution in [3.8, 4) is 0 Å². The molecule has 0 amide bonds. The maximum atomic E-state index is 5.94. The zero-order valence-corrected chi connectivity index (χ0v) is 12.6. The Kier molecular flexibility index (Phi) is 4.27. The lowest BCUT2D eigenvalue weighted by atomic mass is 9.93. The van der Waals surface area contributed by atoms with Crippen LogP contribution in [0.1, 0.15) is 32.3 Å². The second-order valence-corrected chi connectivity index (χ2v) is 6.33. The number of hydrogen-bond donors (Lipinski definition) is 1. The van der Waals surface area contributed by atoms with Gasteiger partial charge in [0.25, 0.3) is 0 Å². The quantitative estimate of drug-likeness (QED) is 0.897. The highest BCUT2D eigenvalue weighted by Crippen LogP contribution is 2.30. The van der Waals surface area contributed by atoms with Crippen LogP contribution in [0.5, 0.6) is 0 Å². The van der Waals surface area contributed by atoms with E-state index in [9.17, 15) is 0 Å². The summed E-state index contributed by atoms with van der Waals surface area (Å²) in [7, 11) is 0. The number of anilines is 1. The molecule has 3 nitrogen and oxygen atoms in total. The number of hydrogen-bond acceptors (Lipinski definition) is 3. The fraction of sp³-hybridized carbons (Fsp3) is 0.647. The van der Waals surface area contributed by atoms with Crippen LogP contribution in [0.15, 0.2) is 24.3 Å². The minimum Gasteiger partial charge on any atom is -0.378 e. The molecule has 2 aliphatic heterocycles. The van der Waals surface area contributed by atoms with Gasteiger partial charge in [0, 0.05) is 38.0 Å². The van der Waals surface area contributed by atoms with Gasteiger partial charge < -0.3 is 15.0 Å². The van der Waals surface area contributed by atoms with Crippen LogP contribution in [0, 0.1) is 5.92 Å². The first-order chi connectivity index (χ1) is 9.75. The number of ether oxygens (including phenoxy) is 1. The summed E-state index contributed by atoms with van der Waals surface area (Å²) in [5.41, 5.74) is 2.85. The van der Waals surface area contributed by atoms with E-state index in [1.807, 2.05) is 0 Å². The number of rotatable bonds is 2. The van der Waals surface area contributed by atoms with Gasteiger partial charge in [0.15, 0.2) is 0 Å². The summed E-state index contributed by atoms with van der Waals surface area (Å²) in [6.45, 7) is 8.60. The number of nitrogens with zero attached hydrogens (tertiary/aromatic N) is 1. The number of benzene rings is 1. The Morgan fingerprint density at radius 3 is 3.00 bits per heavy atom. The van der Waals surface area contributed by atoms with E-state index in [0.717, 1.165) is 39.1 Å². The molecule has 0 spiro atoms. The first kappa shape index (κ1) is 13.9. The van der Waals surface area contributed by atoms with Gasteiger partial charge in [-0.25, -0.2) is 0 Å². The van der Waals surface area contributed by atoms with Gasteiger partial charge >= 0.3 is 0 Å². The summed E-state index contributed by atoms with van der Waals surface area (Å²) in [5.74, 6) is 0.609. The first-order valence-electron chi connectivity index (χ1n) is 7.92. The predicted molar refractivity (Wildman–Crippen MR) is 83.1 cm³/mol. The zero-order valence-electron chi connectivity index (χ0n) is 12.6. The van der Waals surface area contributed by atoms with Crippen LogP contribution < -0.4 is 10.2 Å². The Morgan fingerprint density at radius 1 is 1.30 bits per heavy atom. The van der Waals surface area contributed by atoms with E-state index in [1.165, 1.54) is 11.3 Å². The van der Waals surface area contributed by atoms with Crippen LogP contribution in [-0.4, -0.2) is 31.8 Å². The maximum Gasteiger partial charge on any atom is 0.0617 e. The van der Waals surface area contributed by atoms with E-state index in [-0.39, 0.29) is 0 Å². The molecule has 3 heteroatoms. The molecular formula is C17H26N2O. The van der Waals surface area contributed by atoms with E-state index in [1.54, 1.807) is 0 Å². The minimum atomic E-state index is 0.414. The second-order valence-electron chi connectivity index (χ2n) is 6.33. The number of para-hydroxylation sites is 1. The van der Waals surface area contributed by atoms with Gasteiger partial charge in [0.1, 0.15) is 0 Å². The number of fused-ring (bicyclic) bond motifs is 1. The molecule has 2 unspecified atom stereocenters. The third kappa shape index (κ3) is 2.84. The summed E-state index contributed by atoms with van der Waals surface area (Å²) < 4.78 is 5.94. The van der Waals surface area contributed by atoms with Gasteiger partial charge in [-0.2, -0.15) is 0 Å². The fourth-order valence-electron chi connectivity index (χ4n) is 3.42. The fourth-order valence-corrected chi connectivity index (χ4v) is 3.42. The third-order valence-corrected chi connectivity index (χ3v) is 4.62. The largest absolute Gasteiger partial charge is 0.378 e. The highest BCUT2D eigenvalue weighted by Gasteiger charge is 2.30. The Bertz CT molecular complexity index is 446. The predicted octanol–water partition coefficient (Wildman–Crippen LogP) is 2.80. The molecule has 0 bridgehead atoms. The molecule has 0 aliphatic carbocycles. The lowest BCUT2D eigenvalue weighted by molar-refractivity contribution is -0.0199. The lowest BCUT2D eigenvalue weighted by Gasteiger charge is -2.40. The van der Waals surface area contributed by atoms with Crippen molar-refractivity contribution in [3.63, 3.8) is 0 Å². The van der Waals surface area contributed by atoms with Crippen LogP contribution in [0.25, 0.3) is 0 Å². The van der Waals surface area contributed by atoms with Crippen molar-refractivity contribution in [2.75, 3.05) is 24.6 Å². The van der Waals surface area contributed by atoms with Crippen LogP contribution in [0.3, 0.4) is 0 Å². The average molecular weight is 274 g/mol. The van der Waals surface area contributed by atoms with Crippen molar-refractivity contribution in [1.29, 1.82) is 0 Å². The van der Waals surface area contributed by atoms with Crippen LogP contribution in [0.2, 0.25) is 0 Å². The minimum absolute atomic E-state index is 0.414. The second kappa shape index (κ2) is 6.15. The standard InChI is InChI=1S/C17H26N2O/c1-13(2)17-11-15(7-10-20-17)19-9-8-18-12-14-5-3-4-6-16(14)19/h3-6,13,15,17-18H,7-12H2,1-2H3. The molecule has 2 heterocycles. The Morgan fingerprint density at radius 2 is 2.15 bits per heavy atom. The van der Waals surface area contributed by atoms with Crippen LogP contribution in [-0.2, 0) is 11.3 Å². The summed E-state index contributed by atoms with van der Waals surface area (Å²) >= 11 is 0. The Labute approximate surface area is 122 Å². The molecule has 1 saturated heterocycles. The van der Waals surface area contributed by atoms with Crippen molar-refractivity contribution >= 4 is 5.69 Å². The SMILES string of the molecule is CC(C)C1CC(N2CCNCc3ccccc32)CCO1. The van der Waals surface area contributed by atoms with E-state index >= 15 is 0 Å². The molecule has 1 aromatic rings. The highest BCUT2D eigenvalue weighted by atomic mass is 16.5. The van der Waals surface area contributed by atoms with Crippen LogP contribution in [0.4, 0.5) is 5.69 Å². The smallest absolute Gasteiger partial charge is 0.0617 e. The molecule has 1 N–H and O–H groups in total. The molecule has 0 aromatic heterocycles. The first-order valence-corrected chi connectivity index (χ1v) is 7.92. The summed E-state index contributed by atoms with van der Waals surface area (Å²) in [4.78, 5) is 2.62. The van der Waals surface area contributed by atoms with Gasteiger partial charge in [0.2, 0.25) is 0 Å². The molecule has 1 fully saturated rings. The summed E-state index contributed by atoms with van der Waals surface area (Å²) in [6, 6.07) is 9.46. The summed E-state index contributed by atoms with van der Waals surface area (Å²) in [5, 5.41) is 3.53.